The zero-order chi connectivity index (χ0) is 17.3. The maximum Gasteiger partial charge on any atom is 0.227 e. The summed E-state index contributed by atoms with van der Waals surface area (Å²) >= 11 is 0. The lowest BCUT2D eigenvalue weighted by Gasteiger charge is -2.32. The molecule has 1 amide bonds. The minimum Gasteiger partial charge on any atom is -0.353 e. The summed E-state index contributed by atoms with van der Waals surface area (Å²) in [6.45, 7) is 2.66. The lowest BCUT2D eigenvalue weighted by Crippen LogP contribution is -2.48. The van der Waals surface area contributed by atoms with Crippen LogP contribution in [-0.2, 0) is 14.8 Å². The Kier molecular flexibility index (Phi) is 4.92. The largest absolute Gasteiger partial charge is 0.353 e. The first kappa shape index (κ1) is 17.4. The molecule has 1 aromatic carbocycles. The lowest BCUT2D eigenvalue weighted by molar-refractivity contribution is -0.123. The van der Waals surface area contributed by atoms with Gasteiger partial charge in [-0.05, 0) is 50.3 Å². The van der Waals surface area contributed by atoms with Crippen molar-refractivity contribution in [1.29, 1.82) is 0 Å². The second-order valence-corrected chi connectivity index (χ2v) is 8.92. The van der Waals surface area contributed by atoms with Gasteiger partial charge < -0.3 is 5.32 Å². The number of halogens is 1. The van der Waals surface area contributed by atoms with Gasteiger partial charge in [0.15, 0.2) is 0 Å². The van der Waals surface area contributed by atoms with Gasteiger partial charge >= 0.3 is 0 Å². The lowest BCUT2D eigenvalue weighted by atomic mass is 9.98. The summed E-state index contributed by atoms with van der Waals surface area (Å²) in [5.74, 6) is -0.941. The van der Waals surface area contributed by atoms with Gasteiger partial charge in [0.05, 0.1) is 11.2 Å². The number of benzene rings is 1. The van der Waals surface area contributed by atoms with Gasteiger partial charge in [-0.15, -0.1) is 0 Å². The normalized spacial score (nSPS) is 21.4. The maximum absolute atomic E-state index is 13.3. The van der Waals surface area contributed by atoms with Gasteiger partial charge in [0.1, 0.15) is 5.82 Å². The average Bonchev–Trinajstić information content (AvgIpc) is 3.40. The number of rotatable bonds is 5. The molecule has 1 unspecified atom stereocenters. The molecule has 2 fully saturated rings. The van der Waals surface area contributed by atoms with Gasteiger partial charge in [0, 0.05) is 19.1 Å². The van der Waals surface area contributed by atoms with Crippen LogP contribution in [0.2, 0.25) is 0 Å². The molecule has 2 aliphatic rings. The molecular formula is C17H23FN2O3S. The number of carbonyl (C=O) groups is 1. The molecular weight excluding hydrogens is 331 g/mol. The Bertz CT molecular complexity index is 710. The molecule has 5 nitrogen and oxygen atoms in total. The monoisotopic (exact) mass is 354 g/mol. The van der Waals surface area contributed by atoms with Crippen LogP contribution >= 0.6 is 0 Å². The zero-order valence-corrected chi connectivity index (χ0v) is 14.6. The number of amides is 1. The van der Waals surface area contributed by atoms with Crippen LogP contribution in [0, 0.1) is 5.82 Å². The van der Waals surface area contributed by atoms with Crippen molar-refractivity contribution in [1.82, 2.24) is 9.62 Å². The Morgan fingerprint density at radius 2 is 1.92 bits per heavy atom. The number of piperidine rings is 1. The van der Waals surface area contributed by atoms with Crippen LogP contribution in [0.25, 0.3) is 0 Å². The minimum atomic E-state index is -3.13. The number of hydrogen-bond acceptors (Lipinski definition) is 3. The smallest absolute Gasteiger partial charge is 0.227 e. The van der Waals surface area contributed by atoms with Crippen molar-refractivity contribution < 1.29 is 17.6 Å². The summed E-state index contributed by atoms with van der Waals surface area (Å²) in [4.78, 5) is 12.4. The Hall–Kier alpha value is -1.47. The summed E-state index contributed by atoms with van der Waals surface area (Å²) < 4.78 is 39.2. The van der Waals surface area contributed by atoms with Crippen molar-refractivity contribution in [2.75, 3.05) is 13.1 Å². The summed E-state index contributed by atoms with van der Waals surface area (Å²) in [6, 6.07) is 6.02. The molecule has 3 rings (SSSR count). The van der Waals surface area contributed by atoms with Crippen LogP contribution in [0.1, 0.15) is 44.1 Å². The Balaban J connectivity index is 1.53. The fourth-order valence-corrected chi connectivity index (χ4v) is 4.96. The maximum atomic E-state index is 13.3. The van der Waals surface area contributed by atoms with Gasteiger partial charge in [0.2, 0.25) is 15.9 Å². The molecule has 1 aromatic rings. The van der Waals surface area contributed by atoms with E-state index >= 15 is 0 Å². The van der Waals surface area contributed by atoms with Gasteiger partial charge in [-0.3, -0.25) is 4.79 Å². The molecule has 1 saturated carbocycles. The summed E-state index contributed by atoms with van der Waals surface area (Å²) in [5.41, 5.74) is 0.640. The molecule has 0 spiro atoms. The topological polar surface area (TPSA) is 66.5 Å². The standard InChI is InChI=1S/C17H23FN2O3S/c1-12(13-3-2-4-14(18)11-13)17(21)19-15-7-9-20(10-8-15)24(22,23)16-5-6-16/h2-4,11-12,15-16H,5-10H2,1H3,(H,19,21). The Morgan fingerprint density at radius 3 is 2.50 bits per heavy atom. The second-order valence-electron chi connectivity index (χ2n) is 6.70. The van der Waals surface area contributed by atoms with Crippen LogP contribution in [0.15, 0.2) is 24.3 Å². The quantitative estimate of drug-likeness (QED) is 0.879. The highest BCUT2D eigenvalue weighted by Crippen LogP contribution is 2.32. The zero-order valence-electron chi connectivity index (χ0n) is 13.7. The number of sulfonamides is 1. The molecule has 0 bridgehead atoms. The van der Waals surface area contributed by atoms with E-state index in [-0.39, 0.29) is 23.0 Å². The van der Waals surface area contributed by atoms with Crippen LogP contribution in [0.5, 0.6) is 0 Å². The first-order chi connectivity index (χ1) is 11.4. The summed E-state index contributed by atoms with van der Waals surface area (Å²) in [7, 11) is -3.13. The SMILES string of the molecule is CC(C(=O)NC1CCN(S(=O)(=O)C2CC2)CC1)c1cccc(F)c1. The van der Waals surface area contributed by atoms with Gasteiger partial charge in [-0.1, -0.05) is 12.1 Å². The highest BCUT2D eigenvalue weighted by Gasteiger charge is 2.41. The van der Waals surface area contributed by atoms with Crippen molar-refractivity contribution >= 4 is 15.9 Å². The highest BCUT2D eigenvalue weighted by molar-refractivity contribution is 7.90. The fraction of sp³-hybridized carbons (Fsp3) is 0.588. The third-order valence-electron chi connectivity index (χ3n) is 4.85. The molecule has 132 valence electrons. The van der Waals surface area contributed by atoms with Crippen molar-refractivity contribution in [2.45, 2.75) is 49.8 Å². The minimum absolute atomic E-state index is 0.0286. The predicted molar refractivity (Wildman–Crippen MR) is 89.5 cm³/mol. The Morgan fingerprint density at radius 1 is 1.25 bits per heavy atom. The van der Waals surface area contributed by atoms with E-state index in [1.807, 2.05) is 0 Å². The van der Waals surface area contributed by atoms with E-state index in [9.17, 15) is 17.6 Å². The van der Waals surface area contributed by atoms with Crippen molar-refractivity contribution in [2.24, 2.45) is 0 Å². The van der Waals surface area contributed by atoms with E-state index in [1.54, 1.807) is 23.4 Å². The first-order valence-corrected chi connectivity index (χ1v) is 9.93. The molecule has 1 aliphatic heterocycles. The van der Waals surface area contributed by atoms with Crippen LogP contribution < -0.4 is 5.32 Å². The number of carbonyl (C=O) groups excluding carboxylic acids is 1. The molecule has 24 heavy (non-hydrogen) atoms. The molecule has 1 N–H and O–H groups in total. The van der Waals surface area contributed by atoms with E-state index in [0.29, 0.717) is 31.5 Å². The average molecular weight is 354 g/mol. The van der Waals surface area contributed by atoms with Crippen LogP contribution in [0.4, 0.5) is 4.39 Å². The summed E-state index contributed by atoms with van der Waals surface area (Å²) in [5, 5.41) is 2.79. The van der Waals surface area contributed by atoms with Gasteiger partial charge in [0.25, 0.3) is 0 Å². The number of nitrogens with zero attached hydrogens (tertiary/aromatic N) is 1. The molecule has 0 aromatic heterocycles. The third-order valence-corrected chi connectivity index (χ3v) is 7.25. The van der Waals surface area contributed by atoms with Gasteiger partial charge in [-0.25, -0.2) is 17.1 Å². The molecule has 1 atom stereocenters. The van der Waals surface area contributed by atoms with E-state index < -0.39 is 15.9 Å². The number of hydrogen-bond donors (Lipinski definition) is 1. The molecule has 7 heteroatoms. The summed E-state index contributed by atoms with van der Waals surface area (Å²) in [6.07, 6.45) is 2.77. The van der Waals surface area contributed by atoms with E-state index in [4.69, 9.17) is 0 Å². The molecule has 1 aliphatic carbocycles. The first-order valence-electron chi connectivity index (χ1n) is 8.42. The predicted octanol–water partition coefficient (Wildman–Crippen LogP) is 2.00. The van der Waals surface area contributed by atoms with Gasteiger partial charge in [-0.2, -0.15) is 0 Å². The van der Waals surface area contributed by atoms with Crippen molar-refractivity contribution in [3.8, 4) is 0 Å². The van der Waals surface area contributed by atoms with Crippen LogP contribution in [-0.4, -0.2) is 43.0 Å². The molecule has 0 radical (unpaired) electrons. The second kappa shape index (κ2) is 6.80. The molecule has 1 heterocycles. The van der Waals surface area contributed by atoms with Crippen molar-refractivity contribution in [3.05, 3.63) is 35.6 Å². The fourth-order valence-electron chi connectivity index (χ4n) is 3.08. The van der Waals surface area contributed by atoms with Crippen LogP contribution in [0.3, 0.4) is 0 Å². The molecule has 1 saturated heterocycles. The number of nitrogens with one attached hydrogen (secondary N) is 1. The van der Waals surface area contributed by atoms with E-state index in [0.717, 1.165) is 12.8 Å². The third kappa shape index (κ3) is 3.78. The highest BCUT2D eigenvalue weighted by atomic mass is 32.2. The Labute approximate surface area is 142 Å². The van der Waals surface area contributed by atoms with Crippen molar-refractivity contribution in [3.63, 3.8) is 0 Å². The van der Waals surface area contributed by atoms with E-state index in [1.165, 1.54) is 12.1 Å². The van der Waals surface area contributed by atoms with E-state index in [2.05, 4.69) is 5.32 Å².